The highest BCUT2D eigenvalue weighted by molar-refractivity contribution is 9.10. The van der Waals surface area contributed by atoms with E-state index in [-0.39, 0.29) is 5.41 Å². The van der Waals surface area contributed by atoms with Crippen molar-refractivity contribution >= 4 is 59.5 Å². The Balaban J connectivity index is 1.58. The zero-order valence-corrected chi connectivity index (χ0v) is 22.6. The lowest BCUT2D eigenvalue weighted by Gasteiger charge is -2.20. The average molecular weight is 544 g/mol. The van der Waals surface area contributed by atoms with E-state index in [9.17, 15) is 0 Å². The highest BCUT2D eigenvalue weighted by Gasteiger charge is 2.19. The molecule has 4 heteroatoms. The summed E-state index contributed by atoms with van der Waals surface area (Å²) in [4.78, 5) is 4.85. The van der Waals surface area contributed by atoms with Gasteiger partial charge in [0.25, 0.3) is 0 Å². The molecule has 0 aliphatic heterocycles. The lowest BCUT2D eigenvalue weighted by Crippen LogP contribution is -2.12. The summed E-state index contributed by atoms with van der Waals surface area (Å²) in [5, 5.41) is 4.96. The van der Waals surface area contributed by atoms with Crippen molar-refractivity contribution in [2.75, 3.05) is 0 Å². The SMILES string of the molecule is CC(C)(C)c1ccnc(-n2c3ccccc3c3ccc(-n4c5ccccc5c5ccc(Br)cc54)cc32)c1. The Labute approximate surface area is 224 Å². The number of hydrogen-bond acceptors (Lipinski definition) is 1. The van der Waals surface area contributed by atoms with Gasteiger partial charge in [-0.15, -0.1) is 0 Å². The Morgan fingerprint density at radius 3 is 1.89 bits per heavy atom. The highest BCUT2D eigenvalue weighted by Crippen LogP contribution is 2.37. The van der Waals surface area contributed by atoms with E-state index in [1.807, 2.05) is 6.20 Å². The molecule has 0 radical (unpaired) electrons. The molecular formula is C33H26BrN3. The maximum absolute atomic E-state index is 4.85. The molecule has 3 heterocycles. The van der Waals surface area contributed by atoms with Gasteiger partial charge in [0, 0.05) is 37.9 Å². The Bertz CT molecular complexity index is 1990. The van der Waals surface area contributed by atoms with Crippen LogP contribution in [0.5, 0.6) is 0 Å². The highest BCUT2D eigenvalue weighted by atomic mass is 79.9. The first-order valence-electron chi connectivity index (χ1n) is 12.6. The summed E-state index contributed by atoms with van der Waals surface area (Å²) in [5.74, 6) is 0.945. The third-order valence-electron chi connectivity index (χ3n) is 7.39. The van der Waals surface area contributed by atoms with Crippen LogP contribution in [0.25, 0.3) is 55.1 Å². The number of para-hydroxylation sites is 2. The maximum Gasteiger partial charge on any atom is 0.137 e. The Hall–Kier alpha value is -3.89. The van der Waals surface area contributed by atoms with Crippen molar-refractivity contribution in [2.45, 2.75) is 26.2 Å². The quantitative estimate of drug-likeness (QED) is 0.213. The lowest BCUT2D eigenvalue weighted by atomic mass is 9.88. The van der Waals surface area contributed by atoms with Gasteiger partial charge in [0.1, 0.15) is 5.82 Å². The van der Waals surface area contributed by atoms with Crippen LogP contribution in [0.2, 0.25) is 0 Å². The molecule has 7 aromatic rings. The zero-order chi connectivity index (χ0) is 25.3. The van der Waals surface area contributed by atoms with Crippen LogP contribution in [-0.4, -0.2) is 14.1 Å². The van der Waals surface area contributed by atoms with Gasteiger partial charge in [-0.1, -0.05) is 85.2 Å². The van der Waals surface area contributed by atoms with Crippen molar-refractivity contribution in [1.29, 1.82) is 0 Å². The van der Waals surface area contributed by atoms with E-state index in [2.05, 4.69) is 143 Å². The first-order valence-corrected chi connectivity index (χ1v) is 13.4. The summed E-state index contributed by atoms with van der Waals surface area (Å²) in [6.45, 7) is 6.74. The normalized spacial score (nSPS) is 12.3. The smallest absolute Gasteiger partial charge is 0.137 e. The van der Waals surface area contributed by atoms with Crippen molar-refractivity contribution in [3.05, 3.63) is 113 Å². The number of nitrogens with zero attached hydrogens (tertiary/aromatic N) is 3. The molecule has 0 N–H and O–H groups in total. The minimum atomic E-state index is 0.0397. The van der Waals surface area contributed by atoms with E-state index in [1.165, 1.54) is 38.1 Å². The third-order valence-corrected chi connectivity index (χ3v) is 7.89. The van der Waals surface area contributed by atoms with E-state index >= 15 is 0 Å². The van der Waals surface area contributed by atoms with Crippen molar-refractivity contribution < 1.29 is 0 Å². The fourth-order valence-corrected chi connectivity index (χ4v) is 5.92. The number of pyridine rings is 1. The van der Waals surface area contributed by atoms with E-state index in [1.54, 1.807) is 0 Å². The van der Waals surface area contributed by atoms with Gasteiger partial charge in [0.2, 0.25) is 0 Å². The van der Waals surface area contributed by atoms with Crippen LogP contribution < -0.4 is 0 Å². The molecule has 0 bridgehead atoms. The van der Waals surface area contributed by atoms with Crippen molar-refractivity contribution in [2.24, 2.45) is 0 Å². The number of aromatic nitrogens is 3. The summed E-state index contributed by atoms with van der Waals surface area (Å²) in [5.41, 5.74) is 7.14. The summed E-state index contributed by atoms with van der Waals surface area (Å²) in [6, 6.07) is 35.0. The van der Waals surface area contributed by atoms with Crippen LogP contribution >= 0.6 is 15.9 Å². The van der Waals surface area contributed by atoms with Gasteiger partial charge in [-0.05, 0) is 59.5 Å². The fourth-order valence-electron chi connectivity index (χ4n) is 5.57. The molecule has 180 valence electrons. The van der Waals surface area contributed by atoms with Crippen LogP contribution in [0.1, 0.15) is 26.3 Å². The fraction of sp³-hybridized carbons (Fsp3) is 0.121. The van der Waals surface area contributed by atoms with E-state index in [4.69, 9.17) is 4.98 Å². The summed E-state index contributed by atoms with van der Waals surface area (Å²) >= 11 is 3.70. The Morgan fingerprint density at radius 2 is 1.19 bits per heavy atom. The molecule has 0 spiro atoms. The first-order chi connectivity index (χ1) is 17.9. The minimum Gasteiger partial charge on any atom is -0.309 e. The van der Waals surface area contributed by atoms with Crippen LogP contribution in [0.4, 0.5) is 0 Å². The molecule has 3 aromatic heterocycles. The number of fused-ring (bicyclic) bond motifs is 6. The first kappa shape index (κ1) is 22.3. The molecule has 0 atom stereocenters. The van der Waals surface area contributed by atoms with Crippen LogP contribution in [-0.2, 0) is 5.41 Å². The second-order valence-electron chi connectivity index (χ2n) is 10.7. The summed E-state index contributed by atoms with van der Waals surface area (Å²) in [7, 11) is 0. The molecular weight excluding hydrogens is 518 g/mol. The molecule has 0 aliphatic carbocycles. The van der Waals surface area contributed by atoms with Gasteiger partial charge in [0.05, 0.1) is 22.1 Å². The summed E-state index contributed by atoms with van der Waals surface area (Å²) < 4.78 is 5.76. The average Bonchev–Trinajstić information content (AvgIpc) is 3.40. The topological polar surface area (TPSA) is 22.8 Å². The molecule has 3 nitrogen and oxygen atoms in total. The second kappa shape index (κ2) is 8.06. The maximum atomic E-state index is 4.85. The van der Waals surface area contributed by atoms with Crippen LogP contribution in [0, 0.1) is 0 Å². The van der Waals surface area contributed by atoms with Crippen LogP contribution in [0.15, 0.2) is 108 Å². The van der Waals surface area contributed by atoms with Crippen LogP contribution in [0.3, 0.4) is 0 Å². The molecule has 0 saturated heterocycles. The van der Waals surface area contributed by atoms with Gasteiger partial charge in [-0.3, -0.25) is 4.57 Å². The number of halogens is 1. The monoisotopic (exact) mass is 543 g/mol. The Morgan fingerprint density at radius 1 is 0.595 bits per heavy atom. The van der Waals surface area contributed by atoms with Crippen molar-refractivity contribution in [3.8, 4) is 11.5 Å². The van der Waals surface area contributed by atoms with Gasteiger partial charge in [0.15, 0.2) is 0 Å². The molecule has 0 aliphatic rings. The number of benzene rings is 4. The van der Waals surface area contributed by atoms with Crippen molar-refractivity contribution in [1.82, 2.24) is 14.1 Å². The van der Waals surface area contributed by atoms with Crippen molar-refractivity contribution in [3.63, 3.8) is 0 Å². The second-order valence-corrected chi connectivity index (χ2v) is 11.6. The Kier molecular flexibility index (Phi) is 4.86. The van der Waals surface area contributed by atoms with Gasteiger partial charge in [-0.2, -0.15) is 0 Å². The van der Waals surface area contributed by atoms with Gasteiger partial charge in [-0.25, -0.2) is 4.98 Å². The zero-order valence-electron chi connectivity index (χ0n) is 21.0. The summed E-state index contributed by atoms with van der Waals surface area (Å²) in [6.07, 6.45) is 1.94. The predicted molar refractivity (Wildman–Crippen MR) is 159 cm³/mol. The number of hydrogen-bond donors (Lipinski definition) is 0. The molecule has 37 heavy (non-hydrogen) atoms. The molecule has 0 saturated carbocycles. The lowest BCUT2D eigenvalue weighted by molar-refractivity contribution is 0.588. The predicted octanol–water partition coefficient (Wildman–Crippen LogP) is 9.34. The number of rotatable bonds is 2. The molecule has 0 fully saturated rings. The van der Waals surface area contributed by atoms with E-state index in [0.29, 0.717) is 0 Å². The minimum absolute atomic E-state index is 0.0397. The van der Waals surface area contributed by atoms with Gasteiger partial charge < -0.3 is 4.57 Å². The standard InChI is InChI=1S/C33H26BrN3/c1-33(2,3)21-16-17-35-32(18-21)37-29-11-7-5-9-25(29)27-15-13-23(20-31(27)37)36-28-10-6-4-8-24(28)26-14-12-22(34)19-30(26)36/h4-20H,1-3H3. The largest absolute Gasteiger partial charge is 0.309 e. The van der Waals surface area contributed by atoms with E-state index in [0.717, 1.165) is 27.0 Å². The molecule has 0 amide bonds. The molecule has 4 aromatic carbocycles. The third kappa shape index (κ3) is 3.43. The molecule has 0 unspecified atom stereocenters. The van der Waals surface area contributed by atoms with E-state index < -0.39 is 0 Å². The molecule has 7 rings (SSSR count). The van der Waals surface area contributed by atoms with Gasteiger partial charge >= 0.3 is 0 Å².